The molecule has 0 unspecified atom stereocenters. The number of rotatable bonds is 10. The Labute approximate surface area is 146 Å². The van der Waals surface area contributed by atoms with Crippen molar-refractivity contribution in [2.24, 2.45) is 10.7 Å². The van der Waals surface area contributed by atoms with Crippen LogP contribution in [0.4, 0.5) is 0 Å². The van der Waals surface area contributed by atoms with E-state index in [1.807, 2.05) is 6.92 Å². The smallest absolute Gasteiger partial charge is 0.188 e. The van der Waals surface area contributed by atoms with Crippen LogP contribution in [0.2, 0.25) is 0 Å². The summed E-state index contributed by atoms with van der Waals surface area (Å²) in [7, 11) is 0. The van der Waals surface area contributed by atoms with Gasteiger partial charge < -0.3 is 20.5 Å². The molecule has 1 aliphatic rings. The van der Waals surface area contributed by atoms with Crippen molar-refractivity contribution in [3.05, 3.63) is 0 Å². The van der Waals surface area contributed by atoms with Crippen molar-refractivity contribution < 1.29 is 9.47 Å². The second-order valence-electron chi connectivity index (χ2n) is 5.23. The van der Waals surface area contributed by atoms with Gasteiger partial charge >= 0.3 is 0 Å². The van der Waals surface area contributed by atoms with Gasteiger partial charge in [0.1, 0.15) is 0 Å². The zero-order valence-corrected chi connectivity index (χ0v) is 15.6. The maximum Gasteiger partial charge on any atom is 0.188 e. The fourth-order valence-corrected chi connectivity index (χ4v) is 2.34. The third-order valence-electron chi connectivity index (χ3n) is 3.47. The van der Waals surface area contributed by atoms with Crippen LogP contribution in [-0.2, 0) is 9.47 Å². The van der Waals surface area contributed by atoms with Gasteiger partial charge in [-0.1, -0.05) is 19.3 Å². The summed E-state index contributed by atoms with van der Waals surface area (Å²) in [4.78, 5) is 4.25. The van der Waals surface area contributed by atoms with Crippen molar-refractivity contribution in [3.63, 3.8) is 0 Å². The lowest BCUT2D eigenvalue weighted by molar-refractivity contribution is 0.0277. The summed E-state index contributed by atoms with van der Waals surface area (Å²) < 4.78 is 11.1. The minimum atomic E-state index is 0. The van der Waals surface area contributed by atoms with Crippen LogP contribution in [0, 0.1) is 0 Å². The van der Waals surface area contributed by atoms with Gasteiger partial charge in [0, 0.05) is 32.9 Å². The van der Waals surface area contributed by atoms with Gasteiger partial charge in [0.05, 0.1) is 6.10 Å². The zero-order valence-electron chi connectivity index (χ0n) is 13.3. The van der Waals surface area contributed by atoms with Gasteiger partial charge in [-0.15, -0.1) is 24.0 Å². The van der Waals surface area contributed by atoms with Crippen LogP contribution >= 0.6 is 24.0 Å². The van der Waals surface area contributed by atoms with Crippen LogP contribution in [0.15, 0.2) is 4.99 Å². The molecule has 0 spiro atoms. The van der Waals surface area contributed by atoms with Crippen molar-refractivity contribution >= 4 is 29.9 Å². The van der Waals surface area contributed by atoms with Gasteiger partial charge in [0.25, 0.3) is 0 Å². The number of nitrogens with zero attached hydrogens (tertiary/aromatic N) is 1. The van der Waals surface area contributed by atoms with Gasteiger partial charge in [-0.05, 0) is 32.6 Å². The second kappa shape index (κ2) is 14.8. The number of nitrogens with two attached hydrogens (primary N) is 1. The van der Waals surface area contributed by atoms with E-state index in [0.717, 1.165) is 45.8 Å². The summed E-state index contributed by atoms with van der Waals surface area (Å²) in [5, 5.41) is 3.12. The van der Waals surface area contributed by atoms with E-state index in [1.54, 1.807) is 0 Å². The Morgan fingerprint density at radius 1 is 1.19 bits per heavy atom. The van der Waals surface area contributed by atoms with E-state index in [0.29, 0.717) is 12.1 Å². The average Bonchev–Trinajstić information content (AvgIpc) is 2.48. The van der Waals surface area contributed by atoms with E-state index in [-0.39, 0.29) is 24.0 Å². The average molecular weight is 413 g/mol. The number of nitrogens with one attached hydrogen (secondary N) is 1. The molecule has 0 radical (unpaired) electrons. The molecule has 1 saturated carbocycles. The Bertz CT molecular complexity index is 259. The number of guanidine groups is 1. The van der Waals surface area contributed by atoms with Gasteiger partial charge in [0.15, 0.2) is 5.96 Å². The molecule has 0 heterocycles. The van der Waals surface area contributed by atoms with Gasteiger partial charge in [0.2, 0.25) is 0 Å². The van der Waals surface area contributed by atoms with Gasteiger partial charge in [-0.25, -0.2) is 0 Å². The van der Waals surface area contributed by atoms with Crippen molar-refractivity contribution in [1.29, 1.82) is 0 Å². The largest absolute Gasteiger partial charge is 0.382 e. The van der Waals surface area contributed by atoms with Crippen molar-refractivity contribution in [2.75, 3.05) is 32.9 Å². The maximum atomic E-state index is 5.85. The minimum Gasteiger partial charge on any atom is -0.382 e. The first-order valence-electron chi connectivity index (χ1n) is 8.06. The predicted octanol–water partition coefficient (Wildman–Crippen LogP) is 2.67. The van der Waals surface area contributed by atoms with Crippen LogP contribution < -0.4 is 11.1 Å². The Hall–Kier alpha value is -0.0800. The van der Waals surface area contributed by atoms with Crippen molar-refractivity contribution in [3.8, 4) is 0 Å². The molecule has 0 saturated heterocycles. The minimum absolute atomic E-state index is 0. The lowest BCUT2D eigenvalue weighted by Crippen LogP contribution is -2.33. The molecule has 0 aliphatic heterocycles. The van der Waals surface area contributed by atoms with Gasteiger partial charge in [-0.3, -0.25) is 4.99 Å². The molecule has 5 nitrogen and oxygen atoms in total. The molecule has 126 valence electrons. The van der Waals surface area contributed by atoms with E-state index in [9.17, 15) is 0 Å². The second-order valence-corrected chi connectivity index (χ2v) is 5.23. The predicted molar refractivity (Wildman–Crippen MR) is 98.5 cm³/mol. The molecule has 0 amide bonds. The quantitative estimate of drug-likeness (QED) is 0.250. The third kappa shape index (κ3) is 12.2. The normalized spacial score (nSPS) is 16.5. The first-order chi connectivity index (χ1) is 9.83. The molecule has 0 aromatic rings. The lowest BCUT2D eigenvalue weighted by atomic mass is 9.98. The van der Waals surface area contributed by atoms with E-state index in [1.165, 1.54) is 32.1 Å². The first kappa shape index (κ1) is 20.9. The highest BCUT2D eigenvalue weighted by Gasteiger charge is 2.12. The number of hydrogen-bond acceptors (Lipinski definition) is 3. The maximum absolute atomic E-state index is 5.85. The highest BCUT2D eigenvalue weighted by atomic mass is 127. The number of hydrogen-bond donors (Lipinski definition) is 2. The van der Waals surface area contributed by atoms with Crippen LogP contribution in [0.25, 0.3) is 0 Å². The summed E-state index contributed by atoms with van der Waals surface area (Å²) in [5.74, 6) is 0.527. The van der Waals surface area contributed by atoms with Crippen LogP contribution in [0.5, 0.6) is 0 Å². The molecule has 0 aromatic carbocycles. The van der Waals surface area contributed by atoms with E-state index >= 15 is 0 Å². The molecule has 0 aromatic heterocycles. The fourth-order valence-electron chi connectivity index (χ4n) is 2.34. The summed E-state index contributed by atoms with van der Waals surface area (Å²) in [6.07, 6.45) is 8.88. The third-order valence-corrected chi connectivity index (χ3v) is 3.47. The Balaban J connectivity index is 0.00000400. The number of ether oxygens (including phenoxy) is 2. The SMILES string of the molecule is CCOCCCN=C(N)NCCCOC1CCCCC1.I. The molecule has 1 rings (SSSR count). The zero-order chi connectivity index (χ0) is 14.5. The topological polar surface area (TPSA) is 68.9 Å². The van der Waals surface area contributed by atoms with E-state index in [2.05, 4.69) is 10.3 Å². The highest BCUT2D eigenvalue weighted by Crippen LogP contribution is 2.20. The summed E-state index contributed by atoms with van der Waals surface area (Å²) in [6.45, 7) is 5.87. The monoisotopic (exact) mass is 413 g/mol. The molecular weight excluding hydrogens is 381 g/mol. The molecule has 0 atom stereocenters. The van der Waals surface area contributed by atoms with E-state index < -0.39 is 0 Å². The summed E-state index contributed by atoms with van der Waals surface area (Å²) >= 11 is 0. The molecule has 6 heteroatoms. The molecule has 0 bridgehead atoms. The summed E-state index contributed by atoms with van der Waals surface area (Å²) in [5.41, 5.74) is 5.77. The standard InChI is InChI=1S/C15H31N3O2.HI/c1-2-19-12-6-10-17-15(16)18-11-7-13-20-14-8-4-3-5-9-14;/h14H,2-13H2,1H3,(H3,16,17,18);1H. The highest BCUT2D eigenvalue weighted by molar-refractivity contribution is 14.0. The summed E-state index contributed by atoms with van der Waals surface area (Å²) in [6, 6.07) is 0. The molecule has 3 N–H and O–H groups in total. The van der Waals surface area contributed by atoms with Crippen LogP contribution in [0.3, 0.4) is 0 Å². The number of halogens is 1. The van der Waals surface area contributed by atoms with Gasteiger partial charge in [-0.2, -0.15) is 0 Å². The molecule has 1 aliphatic carbocycles. The first-order valence-corrected chi connectivity index (χ1v) is 8.06. The fraction of sp³-hybridized carbons (Fsp3) is 0.933. The van der Waals surface area contributed by atoms with E-state index in [4.69, 9.17) is 15.2 Å². The van der Waals surface area contributed by atoms with Crippen molar-refractivity contribution in [2.45, 2.75) is 58.0 Å². The van der Waals surface area contributed by atoms with Crippen LogP contribution in [-0.4, -0.2) is 45.0 Å². The Kier molecular flexibility index (Phi) is 14.8. The lowest BCUT2D eigenvalue weighted by Gasteiger charge is -2.21. The number of aliphatic imine (C=N–C) groups is 1. The Morgan fingerprint density at radius 3 is 2.67 bits per heavy atom. The molecule has 21 heavy (non-hydrogen) atoms. The Morgan fingerprint density at radius 2 is 1.95 bits per heavy atom. The molecular formula is C15H32IN3O2. The molecule has 1 fully saturated rings. The van der Waals surface area contributed by atoms with Crippen molar-refractivity contribution in [1.82, 2.24) is 5.32 Å². The van der Waals surface area contributed by atoms with Crippen LogP contribution in [0.1, 0.15) is 51.9 Å².